The van der Waals surface area contributed by atoms with Gasteiger partial charge in [-0.2, -0.15) is 0 Å². The van der Waals surface area contributed by atoms with Crippen molar-refractivity contribution in [1.29, 1.82) is 0 Å². The first-order valence-corrected chi connectivity index (χ1v) is 27.7. The van der Waals surface area contributed by atoms with E-state index in [-0.39, 0.29) is 41.0 Å². The van der Waals surface area contributed by atoms with Gasteiger partial charge >= 0.3 is 12.1 Å². The van der Waals surface area contributed by atoms with Gasteiger partial charge in [0.15, 0.2) is 0 Å². The predicted octanol–water partition coefficient (Wildman–Crippen LogP) is -2.65. The molecule has 0 aliphatic carbocycles. The maximum absolute atomic E-state index is 14.9. The number of nitrogens with zero attached hydrogens (tertiary/aromatic N) is 1. The Kier molecular flexibility index (Phi) is 24.8. The highest BCUT2D eigenvalue weighted by molar-refractivity contribution is 7.91. The van der Waals surface area contributed by atoms with Crippen LogP contribution in [0.1, 0.15) is 99.0 Å². The number of aromatic hydroxyl groups is 1. The largest absolute Gasteiger partial charge is 0.610 e. The molecule has 0 spiro atoms. The maximum atomic E-state index is 14.9. The molecule has 80 heavy (non-hydrogen) atoms. The number of aliphatic hydroxyl groups is 2. The molecule has 4 rings (SSSR count). The SMILES string of the molecule is CC[C@H](C)[C@@H]1NC(=O)CNC(=O)C(Cc2c([S+]([O-])CC)[nH]c3cc(O)ccc23)NC(=O)[C@H]([C@@H](C)[C@@H](O)COC(=O)NCCCCCC(=O)OC(C)(C)C)NC(=O)[C@@H]2CC(O)CN2C(=O)[C@H](CC(N)=O)NC(=O)CNC(=O)CNC1=O. The summed E-state index contributed by atoms with van der Waals surface area (Å²) in [4.78, 5) is 152. The zero-order chi connectivity index (χ0) is 59.6. The predicted molar refractivity (Wildman–Crippen MR) is 286 cm³/mol. The van der Waals surface area contributed by atoms with Gasteiger partial charge in [-0.15, -0.1) is 0 Å². The van der Waals surface area contributed by atoms with Crippen molar-refractivity contribution in [3.63, 3.8) is 0 Å². The lowest BCUT2D eigenvalue weighted by molar-refractivity contribution is -0.155. The van der Waals surface area contributed by atoms with Gasteiger partial charge in [0.05, 0.1) is 43.8 Å². The van der Waals surface area contributed by atoms with Crippen LogP contribution in [0.15, 0.2) is 23.2 Å². The van der Waals surface area contributed by atoms with Crippen LogP contribution in [0.2, 0.25) is 0 Å². The fourth-order valence-electron chi connectivity index (χ4n) is 8.75. The number of benzene rings is 1. The lowest BCUT2D eigenvalue weighted by Crippen LogP contribution is -2.61. The Morgan fingerprint density at radius 1 is 0.850 bits per heavy atom. The topological polar surface area (TPSA) is 431 Å². The number of ether oxygens (including phenoxy) is 2. The zero-order valence-corrected chi connectivity index (χ0v) is 46.8. The number of esters is 1. The average Bonchev–Trinajstić information content (AvgIpc) is 3.97. The van der Waals surface area contributed by atoms with E-state index < -0.39 is 182 Å². The number of primary amides is 1. The first-order chi connectivity index (χ1) is 37.6. The van der Waals surface area contributed by atoms with Crippen LogP contribution in [0.4, 0.5) is 4.79 Å². The molecule has 2 fully saturated rings. The highest BCUT2D eigenvalue weighted by Crippen LogP contribution is 2.31. The summed E-state index contributed by atoms with van der Waals surface area (Å²) in [6.45, 7) is 8.10. The standard InChI is InChI=1S/C51H77N11O17S/c1-8-26(3)42-46(73)56-21-38(67)54-22-39(68)57-34(20-37(52)66)49(75)62-24-29(64)18-35(62)45(72)61-43(27(4)36(65)25-78-50(76)53-16-12-10-11-13-41(70)79-51(5,6)7)47(74)58-33(44(71)55-23-40(69)60-42)19-31-30-15-14-28(63)17-32(30)59-48(31)80(77)9-2/h14-15,17,26-27,29,33-36,42-43,59,63-65H,8-13,16,18-25H2,1-7H3,(H2,52,66)(H,53,76)(H,54,67)(H,55,71)(H,56,73)(H,57,68)(H,58,74)(H,60,69)(H,61,72)/t26-,27-,29?,33?,34-,35-,36-,42-,43-,80?/m0/s1. The smallest absolute Gasteiger partial charge is 0.407 e. The summed E-state index contributed by atoms with van der Waals surface area (Å²) in [6.07, 6.45) is -3.85. The fraction of sp³-hybridized carbons (Fsp3) is 0.627. The van der Waals surface area contributed by atoms with Gasteiger partial charge in [0.1, 0.15) is 53.9 Å². The Balaban J connectivity index is 1.74. The molecule has 0 radical (unpaired) electrons. The molecule has 3 unspecified atom stereocenters. The van der Waals surface area contributed by atoms with E-state index in [1.807, 2.05) is 0 Å². The number of fused-ring (bicyclic) bond motifs is 2. The quantitative estimate of drug-likeness (QED) is 0.0412. The number of carbonyl (C=O) groups excluding carboxylic acids is 11. The molecule has 2 saturated heterocycles. The number of carbonyl (C=O) groups is 11. The number of nitrogens with two attached hydrogens (primary N) is 1. The molecular formula is C51H77N11O17S. The van der Waals surface area contributed by atoms with Crippen LogP contribution in [0.25, 0.3) is 10.9 Å². The molecule has 444 valence electrons. The number of alkyl carbamates (subject to hydrolysis) is 1. The van der Waals surface area contributed by atoms with Crippen molar-refractivity contribution in [3.8, 4) is 5.75 Å². The lowest BCUT2D eigenvalue weighted by Gasteiger charge is -2.32. The van der Waals surface area contributed by atoms with Crippen molar-refractivity contribution < 1.29 is 82.1 Å². The Labute approximate surface area is 465 Å². The monoisotopic (exact) mass is 1150 g/mol. The van der Waals surface area contributed by atoms with E-state index in [2.05, 4.69) is 47.5 Å². The van der Waals surface area contributed by atoms with E-state index in [1.165, 1.54) is 25.1 Å². The van der Waals surface area contributed by atoms with Gasteiger partial charge in [0.25, 0.3) is 0 Å². The Hall–Kier alpha value is -7.24. The van der Waals surface area contributed by atoms with Crippen molar-refractivity contribution in [1.82, 2.24) is 52.4 Å². The Morgan fingerprint density at radius 2 is 1.51 bits per heavy atom. The number of unbranched alkanes of at least 4 members (excludes halogenated alkanes) is 2. The van der Waals surface area contributed by atoms with Gasteiger partial charge < -0.3 is 87.5 Å². The van der Waals surface area contributed by atoms with Gasteiger partial charge in [-0.05, 0) is 58.6 Å². The van der Waals surface area contributed by atoms with E-state index >= 15 is 0 Å². The number of hydrogen-bond acceptors (Lipinski definition) is 17. The van der Waals surface area contributed by atoms with Crippen molar-refractivity contribution >= 4 is 87.3 Å². The van der Waals surface area contributed by atoms with Gasteiger partial charge in [-0.25, -0.2) is 4.79 Å². The molecule has 3 heterocycles. The van der Waals surface area contributed by atoms with E-state index in [1.54, 1.807) is 41.5 Å². The fourth-order valence-corrected chi connectivity index (χ4v) is 9.73. The minimum atomic E-state index is -1.89. The molecule has 1 aromatic heterocycles. The summed E-state index contributed by atoms with van der Waals surface area (Å²) in [5.41, 5.74) is 5.35. The zero-order valence-electron chi connectivity index (χ0n) is 46.0. The number of phenols is 1. The van der Waals surface area contributed by atoms with E-state index in [9.17, 15) is 72.6 Å². The third kappa shape index (κ3) is 19.8. The van der Waals surface area contributed by atoms with Crippen LogP contribution in [0.3, 0.4) is 0 Å². The molecule has 10 atom stereocenters. The summed E-state index contributed by atoms with van der Waals surface area (Å²) in [5.74, 6) is -11.5. The van der Waals surface area contributed by atoms with Crippen LogP contribution >= 0.6 is 0 Å². The molecule has 10 amide bonds. The van der Waals surface area contributed by atoms with Crippen LogP contribution in [-0.4, -0.2) is 188 Å². The molecule has 2 aliphatic heterocycles. The highest BCUT2D eigenvalue weighted by Gasteiger charge is 2.44. The first kappa shape index (κ1) is 65.3. The molecule has 2 aliphatic rings. The third-order valence-corrected chi connectivity index (χ3v) is 14.6. The van der Waals surface area contributed by atoms with Crippen LogP contribution in [0, 0.1) is 11.8 Å². The summed E-state index contributed by atoms with van der Waals surface area (Å²) >= 11 is -1.74. The number of aromatic amines is 1. The first-order valence-electron chi connectivity index (χ1n) is 26.4. The van der Waals surface area contributed by atoms with Gasteiger partial charge in [-0.3, -0.25) is 47.9 Å². The van der Waals surface area contributed by atoms with Crippen molar-refractivity contribution in [2.75, 3.05) is 45.1 Å². The minimum Gasteiger partial charge on any atom is -0.610 e. The number of H-pyrrole nitrogens is 1. The van der Waals surface area contributed by atoms with E-state index in [4.69, 9.17) is 15.2 Å². The number of amides is 10. The van der Waals surface area contributed by atoms with Crippen molar-refractivity contribution in [2.45, 2.75) is 153 Å². The summed E-state index contributed by atoms with van der Waals surface area (Å²) in [5, 5.41) is 52.7. The number of aliphatic hydroxyl groups excluding tert-OH is 2. The van der Waals surface area contributed by atoms with Crippen molar-refractivity contribution in [2.24, 2.45) is 17.6 Å². The maximum Gasteiger partial charge on any atom is 0.407 e. The average molecular weight is 1150 g/mol. The second-order valence-corrected chi connectivity index (χ2v) is 22.4. The molecule has 1 aromatic carbocycles. The summed E-state index contributed by atoms with van der Waals surface area (Å²) in [6, 6.07) is -4.10. The molecule has 29 heteroatoms. The number of hydrogen-bond donors (Lipinski definition) is 13. The van der Waals surface area contributed by atoms with Gasteiger partial charge in [-0.1, -0.05) is 33.6 Å². The molecular weight excluding hydrogens is 1070 g/mol. The third-order valence-electron chi connectivity index (χ3n) is 13.2. The molecule has 2 aromatic rings. The Morgan fingerprint density at radius 3 is 2.17 bits per heavy atom. The normalized spacial score (nSPS) is 23.1. The molecule has 0 saturated carbocycles. The van der Waals surface area contributed by atoms with Gasteiger partial charge in [0, 0.05) is 66.5 Å². The second-order valence-electron chi connectivity index (χ2n) is 20.7. The van der Waals surface area contributed by atoms with E-state index in [0.717, 1.165) is 4.90 Å². The number of phenolic OH excluding ortho intramolecular Hbond substituents is 1. The van der Waals surface area contributed by atoms with Crippen molar-refractivity contribution in [3.05, 3.63) is 23.8 Å². The second kappa shape index (κ2) is 30.4. The highest BCUT2D eigenvalue weighted by atomic mass is 32.2. The van der Waals surface area contributed by atoms with E-state index in [0.29, 0.717) is 36.6 Å². The molecule has 14 N–H and O–H groups in total. The number of aromatic nitrogens is 1. The Bertz CT molecular complexity index is 2580. The van der Waals surface area contributed by atoms with Crippen LogP contribution < -0.4 is 48.3 Å². The van der Waals surface area contributed by atoms with Gasteiger partial charge in [0.2, 0.25) is 58.2 Å². The minimum absolute atomic E-state index is 0.0787. The number of nitrogens with one attached hydrogen (secondary N) is 9. The van der Waals surface area contributed by atoms with Crippen LogP contribution in [-0.2, 0) is 75.0 Å². The lowest BCUT2D eigenvalue weighted by atomic mass is 9.93. The number of rotatable bonds is 18. The summed E-state index contributed by atoms with van der Waals surface area (Å²) in [7, 11) is 0. The molecule has 0 bridgehead atoms. The summed E-state index contributed by atoms with van der Waals surface area (Å²) < 4.78 is 24.1. The molecule has 28 nitrogen and oxygen atoms in total. The van der Waals surface area contributed by atoms with Crippen LogP contribution in [0.5, 0.6) is 5.75 Å².